The number of nitrogens with one attached hydrogen (secondary N) is 1. The zero-order chi connectivity index (χ0) is 14.7. The second-order valence-electron chi connectivity index (χ2n) is 4.76. The molecule has 0 fully saturated rings. The first kappa shape index (κ1) is 14.5. The number of hydrogen-bond donors (Lipinski definition) is 2. The highest BCUT2D eigenvalue weighted by atomic mass is 32.1. The number of carbonyl (C=O) groups excluding carboxylic acids is 1. The van der Waals surface area contributed by atoms with Crippen molar-refractivity contribution in [1.29, 1.82) is 0 Å². The maximum Gasteiger partial charge on any atom is 0.275 e. The van der Waals surface area contributed by atoms with Crippen LogP contribution in [0.1, 0.15) is 28.5 Å². The third kappa shape index (κ3) is 3.34. The van der Waals surface area contributed by atoms with Crippen LogP contribution in [0.3, 0.4) is 0 Å². The Kier molecular flexibility index (Phi) is 4.36. The van der Waals surface area contributed by atoms with Crippen LogP contribution >= 0.6 is 11.3 Å². The fourth-order valence-corrected chi connectivity index (χ4v) is 2.40. The summed E-state index contributed by atoms with van der Waals surface area (Å²) in [7, 11) is 3.94. The number of aromatic nitrogens is 1. The first-order valence-electron chi connectivity index (χ1n) is 6.27. The summed E-state index contributed by atoms with van der Waals surface area (Å²) >= 11 is 1.40. The molecule has 5 nitrogen and oxygen atoms in total. The Hall–Kier alpha value is -1.92. The number of carbonyl (C=O) groups is 1. The van der Waals surface area contributed by atoms with Crippen molar-refractivity contribution in [2.75, 3.05) is 24.3 Å². The summed E-state index contributed by atoms with van der Waals surface area (Å²) in [6.45, 7) is 1.85. The van der Waals surface area contributed by atoms with E-state index in [1.807, 2.05) is 50.2 Å². The molecule has 1 aromatic carbocycles. The Morgan fingerprint density at radius 1 is 1.35 bits per heavy atom. The lowest BCUT2D eigenvalue weighted by Crippen LogP contribution is -2.13. The van der Waals surface area contributed by atoms with E-state index in [9.17, 15) is 4.79 Å². The van der Waals surface area contributed by atoms with Gasteiger partial charge >= 0.3 is 0 Å². The lowest BCUT2D eigenvalue weighted by atomic mass is 10.2. The molecule has 0 spiro atoms. The van der Waals surface area contributed by atoms with Crippen LogP contribution in [-0.4, -0.2) is 25.0 Å². The molecule has 0 saturated heterocycles. The minimum atomic E-state index is -0.217. The molecule has 2 rings (SSSR count). The van der Waals surface area contributed by atoms with Gasteiger partial charge < -0.3 is 16.0 Å². The van der Waals surface area contributed by atoms with Crippen molar-refractivity contribution in [3.05, 3.63) is 40.3 Å². The largest absolute Gasteiger partial charge is 0.378 e. The van der Waals surface area contributed by atoms with Gasteiger partial charge in [0.1, 0.15) is 10.7 Å². The van der Waals surface area contributed by atoms with Gasteiger partial charge in [0.2, 0.25) is 0 Å². The number of nitrogens with zero attached hydrogens (tertiary/aromatic N) is 2. The lowest BCUT2D eigenvalue weighted by Gasteiger charge is -2.12. The quantitative estimate of drug-likeness (QED) is 0.907. The van der Waals surface area contributed by atoms with Gasteiger partial charge in [0.05, 0.1) is 6.04 Å². The van der Waals surface area contributed by atoms with Crippen molar-refractivity contribution >= 4 is 28.6 Å². The van der Waals surface area contributed by atoms with Crippen LogP contribution in [0.25, 0.3) is 0 Å². The summed E-state index contributed by atoms with van der Waals surface area (Å²) < 4.78 is 0. The zero-order valence-electron chi connectivity index (χ0n) is 11.8. The van der Waals surface area contributed by atoms with Crippen LogP contribution < -0.4 is 16.0 Å². The van der Waals surface area contributed by atoms with Crippen molar-refractivity contribution in [1.82, 2.24) is 4.98 Å². The molecule has 3 N–H and O–H groups in total. The van der Waals surface area contributed by atoms with Crippen molar-refractivity contribution in [3.63, 3.8) is 0 Å². The summed E-state index contributed by atoms with van der Waals surface area (Å²) in [6.07, 6.45) is 0. The maximum absolute atomic E-state index is 12.1. The number of nitrogens with two attached hydrogens (primary N) is 1. The van der Waals surface area contributed by atoms with Gasteiger partial charge in [-0.2, -0.15) is 0 Å². The van der Waals surface area contributed by atoms with Crippen LogP contribution in [0.2, 0.25) is 0 Å². The van der Waals surface area contributed by atoms with Crippen LogP contribution in [0.5, 0.6) is 0 Å². The summed E-state index contributed by atoms with van der Waals surface area (Å²) in [5.41, 5.74) is 7.96. The normalized spacial score (nSPS) is 12.0. The van der Waals surface area contributed by atoms with E-state index in [1.165, 1.54) is 11.3 Å². The summed E-state index contributed by atoms with van der Waals surface area (Å²) in [5.74, 6) is -0.217. The number of anilines is 2. The Bertz CT molecular complexity index is 589. The predicted molar refractivity (Wildman–Crippen MR) is 83.4 cm³/mol. The molecule has 1 heterocycles. The van der Waals surface area contributed by atoms with Gasteiger partial charge in [-0.05, 0) is 31.2 Å². The van der Waals surface area contributed by atoms with Crippen LogP contribution in [0, 0.1) is 0 Å². The molecule has 1 unspecified atom stereocenters. The monoisotopic (exact) mass is 290 g/mol. The van der Waals surface area contributed by atoms with Gasteiger partial charge in [-0.25, -0.2) is 4.98 Å². The Labute approximate surface area is 122 Å². The first-order chi connectivity index (χ1) is 9.47. The van der Waals surface area contributed by atoms with E-state index in [0.717, 1.165) is 16.4 Å². The van der Waals surface area contributed by atoms with Gasteiger partial charge in [0, 0.05) is 30.9 Å². The molecule has 0 radical (unpaired) electrons. The molecule has 0 aliphatic heterocycles. The molecule has 20 heavy (non-hydrogen) atoms. The lowest BCUT2D eigenvalue weighted by molar-refractivity contribution is 0.102. The molecule has 2 aromatic rings. The Morgan fingerprint density at radius 3 is 2.50 bits per heavy atom. The molecule has 1 aromatic heterocycles. The summed E-state index contributed by atoms with van der Waals surface area (Å²) in [6, 6.07) is 7.48. The molecule has 0 aliphatic rings. The van der Waals surface area contributed by atoms with Gasteiger partial charge in [-0.1, -0.05) is 0 Å². The molecule has 0 bridgehead atoms. The van der Waals surface area contributed by atoms with Crippen LogP contribution in [-0.2, 0) is 0 Å². The number of amides is 1. The highest BCUT2D eigenvalue weighted by molar-refractivity contribution is 7.09. The van der Waals surface area contributed by atoms with Crippen molar-refractivity contribution in [3.8, 4) is 0 Å². The molecular weight excluding hydrogens is 272 g/mol. The van der Waals surface area contributed by atoms with Crippen molar-refractivity contribution < 1.29 is 4.79 Å². The smallest absolute Gasteiger partial charge is 0.275 e. The molecule has 106 valence electrons. The second kappa shape index (κ2) is 6.02. The predicted octanol–water partition coefficient (Wildman–Crippen LogP) is 2.48. The highest BCUT2D eigenvalue weighted by Crippen LogP contribution is 2.19. The molecule has 1 amide bonds. The Morgan fingerprint density at radius 2 is 2.00 bits per heavy atom. The third-order valence-corrected chi connectivity index (χ3v) is 3.83. The fraction of sp³-hybridized carbons (Fsp3) is 0.286. The van der Waals surface area contributed by atoms with E-state index in [1.54, 1.807) is 5.38 Å². The first-order valence-corrected chi connectivity index (χ1v) is 7.15. The number of rotatable bonds is 4. The van der Waals surface area contributed by atoms with Crippen molar-refractivity contribution in [2.45, 2.75) is 13.0 Å². The van der Waals surface area contributed by atoms with Crippen molar-refractivity contribution in [2.24, 2.45) is 5.73 Å². The summed E-state index contributed by atoms with van der Waals surface area (Å²) in [4.78, 5) is 18.3. The topological polar surface area (TPSA) is 71.2 Å². The van der Waals surface area contributed by atoms with Gasteiger partial charge in [0.25, 0.3) is 5.91 Å². The zero-order valence-corrected chi connectivity index (χ0v) is 12.6. The average Bonchev–Trinajstić information content (AvgIpc) is 2.89. The van der Waals surface area contributed by atoms with Gasteiger partial charge in [-0.15, -0.1) is 11.3 Å². The van der Waals surface area contributed by atoms with E-state index < -0.39 is 0 Å². The Balaban J connectivity index is 2.06. The second-order valence-corrected chi connectivity index (χ2v) is 5.64. The van der Waals surface area contributed by atoms with Crippen LogP contribution in [0.4, 0.5) is 11.4 Å². The minimum Gasteiger partial charge on any atom is -0.378 e. The molecule has 0 saturated carbocycles. The number of hydrogen-bond acceptors (Lipinski definition) is 5. The van der Waals surface area contributed by atoms with E-state index in [0.29, 0.717) is 5.69 Å². The number of thiazole rings is 1. The van der Waals surface area contributed by atoms with E-state index in [2.05, 4.69) is 10.3 Å². The third-order valence-electron chi connectivity index (χ3n) is 2.79. The molecule has 0 aliphatic carbocycles. The standard InChI is InChI=1S/C14H18N4OS/c1-9(15)14-17-12(8-20-14)13(19)16-10-4-6-11(7-5-10)18(2)3/h4-9H,15H2,1-3H3,(H,16,19). The summed E-state index contributed by atoms with van der Waals surface area (Å²) in [5, 5.41) is 5.31. The van der Waals surface area contributed by atoms with Gasteiger partial charge in [-0.3, -0.25) is 4.79 Å². The van der Waals surface area contributed by atoms with E-state index in [4.69, 9.17) is 5.73 Å². The molecule has 1 atom stereocenters. The SMILES string of the molecule is CC(N)c1nc(C(=O)Nc2ccc(N(C)C)cc2)cs1. The fourth-order valence-electron chi connectivity index (χ4n) is 1.64. The average molecular weight is 290 g/mol. The maximum atomic E-state index is 12.1. The van der Waals surface area contributed by atoms with E-state index >= 15 is 0 Å². The van der Waals surface area contributed by atoms with Crippen LogP contribution in [0.15, 0.2) is 29.6 Å². The molecular formula is C14H18N4OS. The molecule has 6 heteroatoms. The van der Waals surface area contributed by atoms with Gasteiger partial charge in [0.15, 0.2) is 0 Å². The highest BCUT2D eigenvalue weighted by Gasteiger charge is 2.12. The van der Waals surface area contributed by atoms with E-state index in [-0.39, 0.29) is 11.9 Å². The number of benzene rings is 1. The minimum absolute atomic E-state index is 0.152.